The quantitative estimate of drug-likeness (QED) is 0.789. The van der Waals surface area contributed by atoms with E-state index >= 15 is 0 Å². The molecule has 1 aliphatic rings. The van der Waals surface area contributed by atoms with E-state index in [1.165, 1.54) is 25.7 Å². The van der Waals surface area contributed by atoms with Crippen molar-refractivity contribution in [3.63, 3.8) is 0 Å². The molecule has 0 spiro atoms. The molecule has 0 saturated heterocycles. The number of rotatable bonds is 7. The van der Waals surface area contributed by atoms with Crippen LogP contribution in [0.3, 0.4) is 0 Å². The van der Waals surface area contributed by atoms with Crippen LogP contribution >= 0.6 is 0 Å². The van der Waals surface area contributed by atoms with Gasteiger partial charge in [0, 0.05) is 25.3 Å². The molecule has 1 aliphatic carbocycles. The van der Waals surface area contributed by atoms with Crippen LogP contribution in [0.4, 0.5) is 11.8 Å². The van der Waals surface area contributed by atoms with E-state index in [1.54, 1.807) is 6.20 Å². The van der Waals surface area contributed by atoms with E-state index in [-0.39, 0.29) is 6.61 Å². The van der Waals surface area contributed by atoms with Crippen molar-refractivity contribution in [1.82, 2.24) is 9.97 Å². The molecule has 1 heterocycles. The fraction of sp³-hybridized carbons (Fsp3) is 0.714. The first-order valence-electron chi connectivity index (χ1n) is 7.29. The first-order valence-corrected chi connectivity index (χ1v) is 7.29. The SMILES string of the molecule is CCCNc1nccc(N(CCO)C2CCCC2)n1. The van der Waals surface area contributed by atoms with Gasteiger partial charge < -0.3 is 15.3 Å². The van der Waals surface area contributed by atoms with Crippen LogP contribution in [-0.2, 0) is 0 Å². The summed E-state index contributed by atoms with van der Waals surface area (Å²) in [4.78, 5) is 11.0. The maximum absolute atomic E-state index is 9.27. The van der Waals surface area contributed by atoms with Gasteiger partial charge in [0.25, 0.3) is 0 Å². The molecule has 0 aliphatic heterocycles. The summed E-state index contributed by atoms with van der Waals surface area (Å²) in [6.07, 6.45) is 7.79. The Hall–Kier alpha value is -1.36. The maximum atomic E-state index is 9.27. The number of aliphatic hydroxyl groups is 1. The molecule has 106 valence electrons. The van der Waals surface area contributed by atoms with E-state index in [9.17, 15) is 5.11 Å². The molecule has 0 atom stereocenters. The van der Waals surface area contributed by atoms with E-state index in [0.717, 1.165) is 18.8 Å². The van der Waals surface area contributed by atoms with Crippen molar-refractivity contribution in [2.75, 3.05) is 29.9 Å². The molecule has 0 bridgehead atoms. The molecular weight excluding hydrogens is 240 g/mol. The van der Waals surface area contributed by atoms with Crippen molar-refractivity contribution in [1.29, 1.82) is 0 Å². The average molecular weight is 264 g/mol. The fourth-order valence-corrected chi connectivity index (χ4v) is 2.64. The van der Waals surface area contributed by atoms with Gasteiger partial charge in [0.05, 0.1) is 6.61 Å². The summed E-state index contributed by atoms with van der Waals surface area (Å²) in [5.74, 6) is 1.61. The van der Waals surface area contributed by atoms with Crippen LogP contribution in [0.15, 0.2) is 12.3 Å². The summed E-state index contributed by atoms with van der Waals surface area (Å²) in [7, 11) is 0. The Labute approximate surface area is 115 Å². The lowest BCUT2D eigenvalue weighted by molar-refractivity contribution is 0.297. The van der Waals surface area contributed by atoms with Gasteiger partial charge in [-0.2, -0.15) is 4.98 Å². The van der Waals surface area contributed by atoms with Crippen LogP contribution in [0.2, 0.25) is 0 Å². The highest BCUT2D eigenvalue weighted by Gasteiger charge is 2.23. The van der Waals surface area contributed by atoms with Gasteiger partial charge in [0.2, 0.25) is 5.95 Å². The summed E-state index contributed by atoms with van der Waals surface area (Å²) in [6, 6.07) is 2.45. The van der Waals surface area contributed by atoms with E-state index in [4.69, 9.17) is 0 Å². The first-order chi connectivity index (χ1) is 9.35. The van der Waals surface area contributed by atoms with E-state index in [1.807, 2.05) is 6.07 Å². The Morgan fingerprint density at radius 2 is 2.21 bits per heavy atom. The van der Waals surface area contributed by atoms with Gasteiger partial charge in [-0.15, -0.1) is 0 Å². The Morgan fingerprint density at radius 3 is 2.89 bits per heavy atom. The van der Waals surface area contributed by atoms with Gasteiger partial charge in [0.15, 0.2) is 0 Å². The Kier molecular flexibility index (Phi) is 5.39. The second kappa shape index (κ2) is 7.28. The number of nitrogens with zero attached hydrogens (tertiary/aromatic N) is 3. The highest BCUT2D eigenvalue weighted by atomic mass is 16.3. The first kappa shape index (κ1) is 14.1. The molecule has 1 fully saturated rings. The highest BCUT2D eigenvalue weighted by molar-refractivity contribution is 5.43. The number of anilines is 2. The van der Waals surface area contributed by atoms with Crippen molar-refractivity contribution in [3.8, 4) is 0 Å². The third kappa shape index (κ3) is 3.80. The molecule has 2 rings (SSSR count). The standard InChI is InChI=1S/C14H24N4O/c1-2-8-15-14-16-9-7-13(17-14)18(10-11-19)12-5-3-4-6-12/h7,9,12,19H,2-6,8,10-11H2,1H3,(H,15,16,17). The Bertz CT molecular complexity index is 379. The number of hydrogen-bond acceptors (Lipinski definition) is 5. The lowest BCUT2D eigenvalue weighted by atomic mass is 10.2. The monoisotopic (exact) mass is 264 g/mol. The molecule has 1 saturated carbocycles. The average Bonchev–Trinajstić information content (AvgIpc) is 2.96. The normalized spacial score (nSPS) is 15.7. The third-order valence-corrected chi connectivity index (χ3v) is 3.57. The predicted molar refractivity (Wildman–Crippen MR) is 77.5 cm³/mol. The van der Waals surface area contributed by atoms with Crippen molar-refractivity contribution in [3.05, 3.63) is 12.3 Å². The molecular formula is C14H24N4O. The minimum absolute atomic E-state index is 0.165. The molecule has 5 nitrogen and oxygen atoms in total. The summed E-state index contributed by atoms with van der Waals surface area (Å²) in [5.41, 5.74) is 0. The highest BCUT2D eigenvalue weighted by Crippen LogP contribution is 2.27. The smallest absolute Gasteiger partial charge is 0.224 e. The second-order valence-corrected chi connectivity index (χ2v) is 5.02. The van der Waals surface area contributed by atoms with Gasteiger partial charge in [-0.05, 0) is 25.3 Å². The summed E-state index contributed by atoms with van der Waals surface area (Å²) in [5, 5.41) is 12.5. The van der Waals surface area contributed by atoms with Crippen molar-refractivity contribution >= 4 is 11.8 Å². The summed E-state index contributed by atoms with van der Waals surface area (Å²) >= 11 is 0. The maximum Gasteiger partial charge on any atom is 0.224 e. The Morgan fingerprint density at radius 1 is 1.42 bits per heavy atom. The molecule has 2 N–H and O–H groups in total. The largest absolute Gasteiger partial charge is 0.395 e. The van der Waals surface area contributed by atoms with Crippen LogP contribution in [0.25, 0.3) is 0 Å². The number of aromatic nitrogens is 2. The number of aliphatic hydroxyl groups excluding tert-OH is 1. The summed E-state index contributed by atoms with van der Waals surface area (Å²) < 4.78 is 0. The molecule has 5 heteroatoms. The molecule has 0 aromatic carbocycles. The summed E-state index contributed by atoms with van der Waals surface area (Å²) in [6.45, 7) is 3.81. The van der Waals surface area contributed by atoms with E-state index in [0.29, 0.717) is 18.5 Å². The van der Waals surface area contributed by atoms with E-state index < -0.39 is 0 Å². The van der Waals surface area contributed by atoms with Gasteiger partial charge in [0.1, 0.15) is 5.82 Å². The zero-order valence-electron chi connectivity index (χ0n) is 11.7. The molecule has 1 aromatic heterocycles. The van der Waals surface area contributed by atoms with Crippen LogP contribution < -0.4 is 10.2 Å². The molecule has 0 radical (unpaired) electrons. The predicted octanol–water partition coefficient (Wildman–Crippen LogP) is 2.04. The number of nitrogens with one attached hydrogen (secondary N) is 1. The van der Waals surface area contributed by atoms with Gasteiger partial charge in [-0.25, -0.2) is 4.98 Å². The molecule has 1 aromatic rings. The van der Waals surface area contributed by atoms with Crippen molar-refractivity contribution in [2.24, 2.45) is 0 Å². The fourth-order valence-electron chi connectivity index (χ4n) is 2.64. The molecule has 0 unspecified atom stereocenters. The second-order valence-electron chi connectivity index (χ2n) is 5.02. The van der Waals surface area contributed by atoms with Crippen LogP contribution in [0.5, 0.6) is 0 Å². The van der Waals surface area contributed by atoms with Crippen molar-refractivity contribution in [2.45, 2.75) is 45.1 Å². The topological polar surface area (TPSA) is 61.3 Å². The minimum atomic E-state index is 0.165. The number of hydrogen-bond donors (Lipinski definition) is 2. The zero-order chi connectivity index (χ0) is 13.5. The van der Waals surface area contributed by atoms with Crippen molar-refractivity contribution < 1.29 is 5.11 Å². The van der Waals surface area contributed by atoms with Crippen LogP contribution in [0, 0.1) is 0 Å². The van der Waals surface area contributed by atoms with Crippen LogP contribution in [0.1, 0.15) is 39.0 Å². The Balaban J connectivity index is 2.11. The van der Waals surface area contributed by atoms with E-state index in [2.05, 4.69) is 27.1 Å². The lowest BCUT2D eigenvalue weighted by Crippen LogP contribution is -2.36. The van der Waals surface area contributed by atoms with Gasteiger partial charge in [-0.3, -0.25) is 0 Å². The molecule has 0 amide bonds. The lowest BCUT2D eigenvalue weighted by Gasteiger charge is -2.29. The zero-order valence-corrected chi connectivity index (χ0v) is 11.7. The third-order valence-electron chi connectivity index (χ3n) is 3.57. The molecule has 19 heavy (non-hydrogen) atoms. The minimum Gasteiger partial charge on any atom is -0.395 e. The van der Waals surface area contributed by atoms with Crippen LogP contribution in [-0.4, -0.2) is 40.8 Å². The van der Waals surface area contributed by atoms with Gasteiger partial charge in [-0.1, -0.05) is 19.8 Å². The van der Waals surface area contributed by atoms with Gasteiger partial charge >= 0.3 is 0 Å².